The van der Waals surface area contributed by atoms with Gasteiger partial charge in [-0.1, -0.05) is 44.2 Å². The Morgan fingerprint density at radius 3 is 2.32 bits per heavy atom. The maximum absolute atomic E-state index is 11.7. The zero-order valence-electron chi connectivity index (χ0n) is 14.6. The van der Waals surface area contributed by atoms with Gasteiger partial charge in [0.25, 0.3) is 5.91 Å². The number of carbonyl (C=O) groups is 3. The minimum absolute atomic E-state index is 0.0532. The molecule has 7 heteroatoms. The van der Waals surface area contributed by atoms with Crippen molar-refractivity contribution in [1.82, 2.24) is 10.6 Å². The molecule has 25 heavy (non-hydrogen) atoms. The molecule has 7 nitrogen and oxygen atoms in total. The quantitative estimate of drug-likeness (QED) is 0.436. The molecule has 0 aliphatic carbocycles. The first-order valence-corrected chi connectivity index (χ1v) is 8.19. The fourth-order valence-corrected chi connectivity index (χ4v) is 2.01. The maximum Gasteiger partial charge on any atom is 0.287 e. The van der Waals surface area contributed by atoms with Gasteiger partial charge in [0, 0.05) is 24.9 Å². The van der Waals surface area contributed by atoms with Crippen LogP contribution in [0.4, 0.5) is 0 Å². The lowest BCUT2D eigenvalue weighted by Crippen LogP contribution is -2.46. The summed E-state index contributed by atoms with van der Waals surface area (Å²) in [6, 6.07) is 9.57. The number of Topliss-reactive ketones (excluding diaryl/α,β-unsaturated/α-hetero) is 1. The number of hydrogen-bond acceptors (Lipinski definition) is 5. The second-order valence-electron chi connectivity index (χ2n) is 6.50. The molecule has 0 fully saturated rings. The van der Waals surface area contributed by atoms with E-state index in [1.807, 2.05) is 30.3 Å². The van der Waals surface area contributed by atoms with Crippen LogP contribution >= 0.6 is 0 Å². The van der Waals surface area contributed by atoms with Gasteiger partial charge in [0.05, 0.1) is 6.61 Å². The third-order valence-electron chi connectivity index (χ3n) is 3.84. The Balaban J connectivity index is 2.27. The third-order valence-corrected chi connectivity index (χ3v) is 3.84. The molecule has 1 aromatic rings. The van der Waals surface area contributed by atoms with Crippen LogP contribution in [0.15, 0.2) is 30.3 Å². The average Bonchev–Trinajstić information content (AvgIpc) is 2.61. The first-order chi connectivity index (χ1) is 11.8. The number of aliphatic hydroxyl groups excluding tert-OH is 2. The summed E-state index contributed by atoms with van der Waals surface area (Å²) < 4.78 is 0. The first kappa shape index (κ1) is 20.8. The van der Waals surface area contributed by atoms with Gasteiger partial charge < -0.3 is 20.8 Å². The Hall–Kier alpha value is -2.25. The van der Waals surface area contributed by atoms with E-state index < -0.39 is 29.1 Å². The van der Waals surface area contributed by atoms with E-state index in [1.54, 1.807) is 13.8 Å². The Morgan fingerprint density at radius 1 is 1.08 bits per heavy atom. The van der Waals surface area contributed by atoms with Gasteiger partial charge in [-0.15, -0.1) is 0 Å². The molecule has 0 bridgehead atoms. The van der Waals surface area contributed by atoms with Crippen molar-refractivity contribution in [1.29, 1.82) is 0 Å². The molecule has 2 amide bonds. The van der Waals surface area contributed by atoms with Crippen LogP contribution < -0.4 is 10.6 Å². The SMILES string of the molecule is CC(C)(CO)[C@@H](O)C(=O)NCCC(=O)C(=O)NCCc1ccccc1. The highest BCUT2D eigenvalue weighted by Gasteiger charge is 2.32. The van der Waals surface area contributed by atoms with E-state index in [9.17, 15) is 19.5 Å². The van der Waals surface area contributed by atoms with Gasteiger partial charge in [0.2, 0.25) is 11.7 Å². The molecular weight excluding hydrogens is 324 g/mol. The molecule has 0 spiro atoms. The van der Waals surface area contributed by atoms with Crippen molar-refractivity contribution < 1.29 is 24.6 Å². The highest BCUT2D eigenvalue weighted by Crippen LogP contribution is 2.19. The van der Waals surface area contributed by atoms with Crippen LogP contribution in [0, 0.1) is 5.41 Å². The van der Waals surface area contributed by atoms with E-state index >= 15 is 0 Å². The molecule has 0 unspecified atom stereocenters. The standard InChI is InChI=1S/C18H26N2O5/c1-18(2,12-21)15(23)17(25)20-11-9-14(22)16(24)19-10-8-13-6-4-3-5-7-13/h3-7,15,21,23H,8-12H2,1-2H3,(H,19,24)(H,20,25)/t15-/m0/s1. The van der Waals surface area contributed by atoms with Crippen LogP contribution in [0.25, 0.3) is 0 Å². The van der Waals surface area contributed by atoms with Crippen molar-refractivity contribution in [2.75, 3.05) is 19.7 Å². The van der Waals surface area contributed by atoms with Crippen molar-refractivity contribution in [3.8, 4) is 0 Å². The lowest BCUT2D eigenvalue weighted by molar-refractivity contribution is -0.139. The maximum atomic E-state index is 11.7. The van der Waals surface area contributed by atoms with Gasteiger partial charge in [-0.3, -0.25) is 14.4 Å². The van der Waals surface area contributed by atoms with E-state index in [0.29, 0.717) is 13.0 Å². The summed E-state index contributed by atoms with van der Waals surface area (Å²) >= 11 is 0. The molecule has 1 rings (SSSR count). The van der Waals surface area contributed by atoms with Crippen molar-refractivity contribution in [2.45, 2.75) is 32.8 Å². The fourth-order valence-electron chi connectivity index (χ4n) is 2.01. The average molecular weight is 350 g/mol. The molecule has 138 valence electrons. The van der Waals surface area contributed by atoms with E-state index in [1.165, 1.54) is 0 Å². The molecule has 0 aliphatic rings. The smallest absolute Gasteiger partial charge is 0.287 e. The van der Waals surface area contributed by atoms with E-state index in [4.69, 9.17) is 5.11 Å². The van der Waals surface area contributed by atoms with Gasteiger partial charge in [0.15, 0.2) is 0 Å². The minimum Gasteiger partial charge on any atom is -0.396 e. The molecule has 1 aromatic carbocycles. The summed E-state index contributed by atoms with van der Waals surface area (Å²) in [5.74, 6) is -2.01. The number of amides is 2. The van der Waals surface area contributed by atoms with Crippen LogP contribution in [0.3, 0.4) is 0 Å². The Bertz CT molecular complexity index is 586. The first-order valence-electron chi connectivity index (χ1n) is 8.19. The molecule has 1 atom stereocenters. The van der Waals surface area contributed by atoms with Crippen LogP contribution in [-0.2, 0) is 20.8 Å². The summed E-state index contributed by atoms with van der Waals surface area (Å²) in [7, 11) is 0. The molecule has 4 N–H and O–H groups in total. The van der Waals surface area contributed by atoms with E-state index in [0.717, 1.165) is 5.56 Å². The van der Waals surface area contributed by atoms with Crippen molar-refractivity contribution >= 4 is 17.6 Å². The van der Waals surface area contributed by atoms with Crippen molar-refractivity contribution in [2.24, 2.45) is 5.41 Å². The summed E-state index contributed by atoms with van der Waals surface area (Å²) in [6.07, 6.45) is -0.930. The zero-order chi connectivity index (χ0) is 18.9. The predicted octanol–water partition coefficient (Wildman–Crippen LogP) is -0.200. The third kappa shape index (κ3) is 7.03. The lowest BCUT2D eigenvalue weighted by atomic mass is 9.87. The largest absolute Gasteiger partial charge is 0.396 e. The van der Waals surface area contributed by atoms with Gasteiger partial charge >= 0.3 is 0 Å². The number of carbonyl (C=O) groups excluding carboxylic acids is 3. The van der Waals surface area contributed by atoms with Gasteiger partial charge in [0.1, 0.15) is 6.10 Å². The predicted molar refractivity (Wildman–Crippen MR) is 92.7 cm³/mol. The Morgan fingerprint density at radius 2 is 1.72 bits per heavy atom. The van der Waals surface area contributed by atoms with Crippen molar-refractivity contribution in [3.05, 3.63) is 35.9 Å². The zero-order valence-corrected chi connectivity index (χ0v) is 14.6. The minimum atomic E-state index is -1.40. The summed E-state index contributed by atoms with van der Waals surface area (Å²) in [5, 5.41) is 23.9. The highest BCUT2D eigenvalue weighted by molar-refractivity contribution is 6.36. The number of aliphatic hydroxyl groups is 2. The topological polar surface area (TPSA) is 116 Å². The number of hydrogen-bond donors (Lipinski definition) is 4. The molecule has 0 saturated carbocycles. The lowest BCUT2D eigenvalue weighted by Gasteiger charge is -2.27. The van der Waals surface area contributed by atoms with Crippen LogP contribution in [0.5, 0.6) is 0 Å². The number of nitrogens with one attached hydrogen (secondary N) is 2. The van der Waals surface area contributed by atoms with Gasteiger partial charge in [-0.2, -0.15) is 0 Å². The number of rotatable bonds is 10. The highest BCUT2D eigenvalue weighted by atomic mass is 16.3. The molecule has 0 aromatic heterocycles. The Kier molecular flexibility index (Phi) is 8.24. The number of benzene rings is 1. The normalized spacial score (nSPS) is 12.3. The summed E-state index contributed by atoms with van der Waals surface area (Å²) in [6.45, 7) is 3.03. The van der Waals surface area contributed by atoms with E-state index in [2.05, 4.69) is 10.6 Å². The molecule has 0 radical (unpaired) electrons. The summed E-state index contributed by atoms with van der Waals surface area (Å²) in [5.41, 5.74) is 0.0751. The van der Waals surface area contributed by atoms with Crippen LogP contribution in [-0.4, -0.2) is 53.6 Å². The van der Waals surface area contributed by atoms with Crippen LogP contribution in [0.1, 0.15) is 25.8 Å². The molecule has 0 aliphatic heterocycles. The van der Waals surface area contributed by atoms with Crippen molar-refractivity contribution in [3.63, 3.8) is 0 Å². The summed E-state index contributed by atoms with van der Waals surface area (Å²) in [4.78, 5) is 35.2. The fraction of sp³-hybridized carbons (Fsp3) is 0.500. The molecular formula is C18H26N2O5. The van der Waals surface area contributed by atoms with Gasteiger partial charge in [-0.25, -0.2) is 0 Å². The molecule has 0 saturated heterocycles. The molecule has 0 heterocycles. The van der Waals surface area contributed by atoms with E-state index in [-0.39, 0.29) is 19.6 Å². The second-order valence-corrected chi connectivity index (χ2v) is 6.50. The van der Waals surface area contributed by atoms with Gasteiger partial charge in [-0.05, 0) is 12.0 Å². The van der Waals surface area contributed by atoms with Crippen LogP contribution in [0.2, 0.25) is 0 Å². The monoisotopic (exact) mass is 350 g/mol. The number of ketones is 1. The Labute approximate surface area is 147 Å². The second kappa shape index (κ2) is 9.90.